The summed E-state index contributed by atoms with van der Waals surface area (Å²) in [7, 11) is 1.35. The minimum absolute atomic E-state index is 0.281. The molecule has 0 spiro atoms. The van der Waals surface area contributed by atoms with E-state index in [1.54, 1.807) is 5.38 Å². The van der Waals surface area contributed by atoms with Crippen molar-refractivity contribution in [2.45, 2.75) is 24.8 Å². The number of methoxy groups -OCH3 is 1. The van der Waals surface area contributed by atoms with Gasteiger partial charge in [0.05, 0.1) is 12.6 Å². The van der Waals surface area contributed by atoms with E-state index in [4.69, 9.17) is 5.73 Å². The van der Waals surface area contributed by atoms with Gasteiger partial charge in [-0.3, -0.25) is 0 Å². The first kappa shape index (κ1) is 9.61. The van der Waals surface area contributed by atoms with E-state index in [0.717, 1.165) is 24.3 Å². The number of carbonyl (C=O) groups excluding carboxylic acids is 1. The second-order valence-corrected chi connectivity index (χ2v) is 4.40. The van der Waals surface area contributed by atoms with E-state index in [-0.39, 0.29) is 5.54 Å². The van der Waals surface area contributed by atoms with Gasteiger partial charge in [0.2, 0.25) is 0 Å². The lowest BCUT2D eigenvalue weighted by molar-refractivity contribution is 0.0594. The quantitative estimate of drug-likeness (QED) is 0.750. The van der Waals surface area contributed by atoms with Crippen molar-refractivity contribution in [3.05, 3.63) is 16.1 Å². The number of hydrogen-bond acceptors (Lipinski definition) is 5. The Bertz CT molecular complexity index is 357. The summed E-state index contributed by atoms with van der Waals surface area (Å²) in [4.78, 5) is 15.3. The summed E-state index contributed by atoms with van der Waals surface area (Å²) < 4.78 is 4.58. The Morgan fingerprint density at radius 2 is 2.43 bits per heavy atom. The summed E-state index contributed by atoms with van der Waals surface area (Å²) in [6.07, 6.45) is 3.06. The third-order valence-corrected chi connectivity index (χ3v) is 3.63. The molecule has 0 radical (unpaired) electrons. The predicted octanol–water partition coefficient (Wildman–Crippen LogP) is 1.27. The van der Waals surface area contributed by atoms with Crippen LogP contribution >= 0.6 is 11.3 Å². The van der Waals surface area contributed by atoms with Crippen molar-refractivity contribution in [2.75, 3.05) is 7.11 Å². The van der Waals surface area contributed by atoms with Gasteiger partial charge in [-0.15, -0.1) is 11.3 Å². The molecule has 2 rings (SSSR count). The number of nitrogens with zero attached hydrogens (tertiary/aromatic N) is 1. The van der Waals surface area contributed by atoms with Crippen LogP contribution in [0.4, 0.5) is 0 Å². The van der Waals surface area contributed by atoms with Crippen LogP contribution in [-0.2, 0) is 10.3 Å². The molecule has 0 saturated heterocycles. The number of carbonyl (C=O) groups is 1. The molecule has 1 fully saturated rings. The Hall–Kier alpha value is -0.940. The highest BCUT2D eigenvalue weighted by atomic mass is 32.1. The molecule has 1 aliphatic rings. The molecule has 1 aromatic rings. The summed E-state index contributed by atoms with van der Waals surface area (Å²) >= 11 is 1.44. The number of esters is 1. The summed E-state index contributed by atoms with van der Waals surface area (Å²) in [5, 5.41) is 2.55. The van der Waals surface area contributed by atoms with Crippen molar-refractivity contribution in [2.24, 2.45) is 5.73 Å². The highest BCUT2D eigenvalue weighted by Gasteiger charge is 2.37. The topological polar surface area (TPSA) is 65.2 Å². The lowest BCUT2D eigenvalue weighted by Crippen LogP contribution is -2.43. The van der Waals surface area contributed by atoms with E-state index in [0.29, 0.717) is 5.69 Å². The lowest BCUT2D eigenvalue weighted by Gasteiger charge is -2.35. The second-order valence-electron chi connectivity index (χ2n) is 3.54. The molecule has 1 aromatic heterocycles. The Morgan fingerprint density at radius 1 is 1.71 bits per heavy atom. The van der Waals surface area contributed by atoms with Crippen LogP contribution in [0.5, 0.6) is 0 Å². The van der Waals surface area contributed by atoms with Gasteiger partial charge < -0.3 is 10.5 Å². The highest BCUT2D eigenvalue weighted by molar-refractivity contribution is 7.10. The van der Waals surface area contributed by atoms with Gasteiger partial charge in [-0.25, -0.2) is 9.78 Å². The van der Waals surface area contributed by atoms with Crippen molar-refractivity contribution >= 4 is 17.3 Å². The number of rotatable bonds is 2. The van der Waals surface area contributed by atoms with Gasteiger partial charge in [-0.05, 0) is 19.3 Å². The van der Waals surface area contributed by atoms with Crippen molar-refractivity contribution in [1.29, 1.82) is 0 Å². The van der Waals surface area contributed by atoms with Gasteiger partial charge in [-0.1, -0.05) is 0 Å². The molecule has 5 heteroatoms. The van der Waals surface area contributed by atoms with Crippen molar-refractivity contribution in [1.82, 2.24) is 4.98 Å². The Labute approximate surface area is 86.1 Å². The zero-order valence-corrected chi connectivity index (χ0v) is 8.76. The molecule has 0 amide bonds. The van der Waals surface area contributed by atoms with Crippen LogP contribution in [0.2, 0.25) is 0 Å². The molecule has 0 unspecified atom stereocenters. The van der Waals surface area contributed by atoms with Crippen molar-refractivity contribution in [3.8, 4) is 0 Å². The first-order valence-corrected chi connectivity index (χ1v) is 5.37. The van der Waals surface area contributed by atoms with E-state index in [2.05, 4.69) is 9.72 Å². The Morgan fingerprint density at radius 3 is 2.93 bits per heavy atom. The van der Waals surface area contributed by atoms with Crippen LogP contribution in [0.1, 0.15) is 34.8 Å². The van der Waals surface area contributed by atoms with E-state index < -0.39 is 5.97 Å². The molecule has 1 saturated carbocycles. The lowest BCUT2D eigenvalue weighted by atomic mass is 9.78. The van der Waals surface area contributed by atoms with Crippen LogP contribution in [-0.4, -0.2) is 18.1 Å². The Balaban J connectivity index is 2.21. The zero-order chi connectivity index (χ0) is 10.2. The molecule has 0 aliphatic heterocycles. The third kappa shape index (κ3) is 1.42. The first-order valence-electron chi connectivity index (χ1n) is 4.49. The molecule has 4 nitrogen and oxygen atoms in total. The molecule has 1 aliphatic carbocycles. The molecule has 0 bridgehead atoms. The van der Waals surface area contributed by atoms with Crippen LogP contribution < -0.4 is 5.73 Å². The van der Waals surface area contributed by atoms with Gasteiger partial charge in [0.25, 0.3) is 0 Å². The Kier molecular flexibility index (Phi) is 2.28. The van der Waals surface area contributed by atoms with Crippen LogP contribution in [0.25, 0.3) is 0 Å². The fourth-order valence-corrected chi connectivity index (χ4v) is 2.43. The largest absolute Gasteiger partial charge is 0.464 e. The molecule has 76 valence electrons. The average Bonchev–Trinajstić information content (AvgIpc) is 2.62. The van der Waals surface area contributed by atoms with Gasteiger partial charge >= 0.3 is 5.97 Å². The maximum atomic E-state index is 11.1. The maximum Gasteiger partial charge on any atom is 0.357 e. The van der Waals surface area contributed by atoms with E-state index in [1.165, 1.54) is 18.4 Å². The standard InChI is InChI=1S/C9H12N2O2S/c1-13-7(12)6-5-14-8(11-6)9(10)3-2-4-9/h5H,2-4,10H2,1H3. The number of aromatic nitrogens is 1. The molecular weight excluding hydrogens is 200 g/mol. The predicted molar refractivity (Wildman–Crippen MR) is 53.2 cm³/mol. The number of nitrogens with two attached hydrogens (primary N) is 1. The summed E-state index contributed by atoms with van der Waals surface area (Å²) in [6.45, 7) is 0. The van der Waals surface area contributed by atoms with Gasteiger partial charge in [0.1, 0.15) is 5.01 Å². The third-order valence-electron chi connectivity index (χ3n) is 2.57. The second kappa shape index (κ2) is 3.33. The molecule has 2 N–H and O–H groups in total. The van der Waals surface area contributed by atoms with Crippen LogP contribution in [0.3, 0.4) is 0 Å². The molecule has 14 heavy (non-hydrogen) atoms. The molecule has 0 aromatic carbocycles. The minimum Gasteiger partial charge on any atom is -0.464 e. The van der Waals surface area contributed by atoms with Gasteiger partial charge in [-0.2, -0.15) is 0 Å². The first-order chi connectivity index (χ1) is 6.65. The number of thiazole rings is 1. The molecule has 0 atom stereocenters. The summed E-state index contributed by atoms with van der Waals surface area (Å²) in [6, 6.07) is 0. The fourth-order valence-electron chi connectivity index (χ4n) is 1.47. The maximum absolute atomic E-state index is 11.1. The molecule has 1 heterocycles. The van der Waals surface area contributed by atoms with Crippen LogP contribution in [0.15, 0.2) is 5.38 Å². The SMILES string of the molecule is COC(=O)c1csc(C2(N)CCC2)n1. The summed E-state index contributed by atoms with van der Waals surface area (Å²) in [5.41, 5.74) is 6.16. The van der Waals surface area contributed by atoms with Crippen molar-refractivity contribution in [3.63, 3.8) is 0 Å². The van der Waals surface area contributed by atoms with Gasteiger partial charge in [0, 0.05) is 5.38 Å². The monoisotopic (exact) mass is 212 g/mol. The van der Waals surface area contributed by atoms with E-state index in [9.17, 15) is 4.79 Å². The smallest absolute Gasteiger partial charge is 0.357 e. The van der Waals surface area contributed by atoms with Crippen LogP contribution in [0, 0.1) is 0 Å². The van der Waals surface area contributed by atoms with E-state index >= 15 is 0 Å². The van der Waals surface area contributed by atoms with Crippen molar-refractivity contribution < 1.29 is 9.53 Å². The highest BCUT2D eigenvalue weighted by Crippen LogP contribution is 2.39. The van der Waals surface area contributed by atoms with Gasteiger partial charge in [0.15, 0.2) is 5.69 Å². The number of ether oxygens (including phenoxy) is 1. The summed E-state index contributed by atoms with van der Waals surface area (Å²) in [5.74, 6) is -0.393. The molecular formula is C9H12N2O2S. The normalized spacial score (nSPS) is 18.7. The van der Waals surface area contributed by atoms with E-state index in [1.807, 2.05) is 0 Å². The average molecular weight is 212 g/mol. The number of hydrogen-bond donors (Lipinski definition) is 1. The zero-order valence-electron chi connectivity index (χ0n) is 7.95. The minimum atomic E-state index is -0.393. The fraction of sp³-hybridized carbons (Fsp3) is 0.556.